The molecule has 3 aromatic carbocycles. The Balaban J connectivity index is 1.43. The van der Waals surface area contributed by atoms with E-state index in [1.54, 1.807) is 29.2 Å². The van der Waals surface area contributed by atoms with Gasteiger partial charge in [0.15, 0.2) is 0 Å². The topological polar surface area (TPSA) is 120 Å². The number of fused-ring (bicyclic) bond motifs is 4. The summed E-state index contributed by atoms with van der Waals surface area (Å²) in [5.41, 5.74) is 3.70. The molecule has 1 aromatic heterocycles. The van der Waals surface area contributed by atoms with Gasteiger partial charge in [0.2, 0.25) is 11.8 Å². The summed E-state index contributed by atoms with van der Waals surface area (Å²) in [7, 11) is 0. The van der Waals surface area contributed by atoms with E-state index >= 15 is 0 Å². The second-order valence-corrected chi connectivity index (χ2v) is 9.48. The van der Waals surface area contributed by atoms with Gasteiger partial charge in [-0.3, -0.25) is 19.7 Å². The van der Waals surface area contributed by atoms with Crippen LogP contribution < -0.4 is 0 Å². The number of H-pyrrole nitrogens is 1. The van der Waals surface area contributed by atoms with E-state index in [9.17, 15) is 24.8 Å². The minimum absolute atomic E-state index is 0.00113. The van der Waals surface area contributed by atoms with Gasteiger partial charge in [-0.1, -0.05) is 60.7 Å². The van der Waals surface area contributed by atoms with E-state index in [4.69, 9.17) is 0 Å². The average Bonchev–Trinajstić information content (AvgIpc) is 3.29. The Hall–Kier alpha value is -4.50. The van der Waals surface area contributed by atoms with Crippen LogP contribution in [0.4, 0.5) is 5.69 Å². The molecule has 0 spiro atoms. The van der Waals surface area contributed by atoms with Crippen LogP contribution >= 0.6 is 0 Å². The molecule has 0 radical (unpaired) electrons. The third-order valence-electron chi connectivity index (χ3n) is 7.32. The van der Waals surface area contributed by atoms with Gasteiger partial charge in [-0.2, -0.15) is 0 Å². The number of aromatic nitrogens is 1. The molecule has 0 saturated carbocycles. The Bertz CT molecular complexity index is 1530. The molecule has 9 nitrogen and oxygen atoms in total. The van der Waals surface area contributed by atoms with Crippen molar-refractivity contribution in [2.75, 3.05) is 13.1 Å². The fourth-order valence-corrected chi connectivity index (χ4v) is 5.62. The first-order valence-electron chi connectivity index (χ1n) is 12.1. The Morgan fingerprint density at radius 1 is 1.03 bits per heavy atom. The number of carbonyl (C=O) groups excluding carboxylic acids is 2. The van der Waals surface area contributed by atoms with Gasteiger partial charge in [-0.25, -0.2) is 0 Å². The predicted octanol–water partition coefficient (Wildman–Crippen LogP) is 3.49. The molecule has 0 aliphatic carbocycles. The number of aliphatic hydroxyl groups is 1. The van der Waals surface area contributed by atoms with Crippen molar-refractivity contribution >= 4 is 28.4 Å². The summed E-state index contributed by atoms with van der Waals surface area (Å²) in [6, 6.07) is 21.5. The summed E-state index contributed by atoms with van der Waals surface area (Å²) in [5.74, 6) is -0.522. The number of para-hydroxylation sites is 1. The first-order valence-corrected chi connectivity index (χ1v) is 12.1. The molecule has 37 heavy (non-hydrogen) atoms. The fourth-order valence-electron chi connectivity index (χ4n) is 5.62. The number of aliphatic hydroxyl groups excluding tert-OH is 1. The molecule has 0 bridgehead atoms. The number of non-ortho nitro benzene ring substituents is 1. The number of β-amino-alcohol motifs (C(OH)–C–C–N with tert-alkyl or cyclic N) is 1. The Kier molecular flexibility index (Phi) is 5.49. The minimum Gasteiger partial charge on any atom is -0.387 e. The molecule has 9 heteroatoms. The molecule has 1 saturated heterocycles. The van der Waals surface area contributed by atoms with Crippen LogP contribution in [0.1, 0.15) is 34.5 Å². The molecule has 2 aliphatic rings. The largest absolute Gasteiger partial charge is 0.387 e. The molecule has 186 valence electrons. The normalized spacial score (nSPS) is 20.0. The van der Waals surface area contributed by atoms with Crippen molar-refractivity contribution in [3.63, 3.8) is 0 Å². The maximum atomic E-state index is 13.8. The average molecular weight is 497 g/mol. The lowest BCUT2D eigenvalue weighted by molar-refractivity contribution is -0.384. The zero-order valence-corrected chi connectivity index (χ0v) is 19.8. The number of nitro benzene ring substituents is 1. The zero-order valence-electron chi connectivity index (χ0n) is 19.8. The summed E-state index contributed by atoms with van der Waals surface area (Å²) >= 11 is 0. The molecule has 2 amide bonds. The van der Waals surface area contributed by atoms with E-state index in [-0.39, 0.29) is 30.6 Å². The smallest absolute Gasteiger partial charge is 0.269 e. The van der Waals surface area contributed by atoms with Crippen LogP contribution in [-0.4, -0.2) is 55.8 Å². The lowest BCUT2D eigenvalue weighted by Gasteiger charge is -2.47. The van der Waals surface area contributed by atoms with Crippen molar-refractivity contribution in [1.29, 1.82) is 0 Å². The van der Waals surface area contributed by atoms with Gasteiger partial charge in [0.25, 0.3) is 5.69 Å². The number of aromatic amines is 1. The van der Waals surface area contributed by atoms with Gasteiger partial charge in [-0.05, 0) is 22.8 Å². The summed E-state index contributed by atoms with van der Waals surface area (Å²) in [6.45, 7) is -0.179. The molecule has 2 N–H and O–H groups in total. The second-order valence-electron chi connectivity index (χ2n) is 9.48. The summed E-state index contributed by atoms with van der Waals surface area (Å²) in [6.07, 6.45) is -0.614. The first-order chi connectivity index (χ1) is 17.9. The highest BCUT2D eigenvalue weighted by molar-refractivity contribution is 5.97. The van der Waals surface area contributed by atoms with Gasteiger partial charge < -0.3 is 19.9 Å². The first kappa shape index (κ1) is 22.9. The number of nitrogens with zero attached hydrogens (tertiary/aromatic N) is 3. The van der Waals surface area contributed by atoms with E-state index in [2.05, 4.69) is 4.98 Å². The van der Waals surface area contributed by atoms with Crippen LogP contribution in [0.3, 0.4) is 0 Å². The van der Waals surface area contributed by atoms with Crippen LogP contribution in [0.15, 0.2) is 78.9 Å². The number of carbonyl (C=O) groups is 2. The number of nitrogens with one attached hydrogen (secondary N) is 1. The van der Waals surface area contributed by atoms with Crippen molar-refractivity contribution in [2.45, 2.75) is 24.6 Å². The van der Waals surface area contributed by atoms with Crippen LogP contribution in [0.25, 0.3) is 10.9 Å². The number of rotatable bonds is 5. The fraction of sp³-hybridized carbons (Fsp3) is 0.214. The van der Waals surface area contributed by atoms with Crippen LogP contribution in [0, 0.1) is 10.1 Å². The molecular weight excluding hydrogens is 472 g/mol. The van der Waals surface area contributed by atoms with Crippen molar-refractivity contribution in [3.8, 4) is 0 Å². The predicted molar refractivity (Wildman–Crippen MR) is 136 cm³/mol. The maximum Gasteiger partial charge on any atom is 0.269 e. The highest BCUT2D eigenvalue weighted by Gasteiger charge is 2.48. The SMILES string of the molecule is O=C1C2Cc3c([nH]c4ccccc34)C(c3cccc([N+](=O)[O-])c3)N2C(=O)CN1CC(O)c1ccccc1. The molecule has 2 aliphatic heterocycles. The number of nitro groups is 1. The second kappa shape index (κ2) is 8.86. The van der Waals surface area contributed by atoms with E-state index in [0.29, 0.717) is 17.5 Å². The Labute approximate surface area is 212 Å². The molecule has 1 fully saturated rings. The lowest BCUT2D eigenvalue weighted by Crippen LogP contribution is -2.63. The van der Waals surface area contributed by atoms with E-state index < -0.39 is 23.1 Å². The van der Waals surface area contributed by atoms with Gasteiger partial charge >= 0.3 is 0 Å². The number of benzene rings is 3. The van der Waals surface area contributed by atoms with E-state index in [1.165, 1.54) is 17.0 Å². The molecular formula is C28H24N4O5. The van der Waals surface area contributed by atoms with Gasteiger partial charge in [-0.15, -0.1) is 0 Å². The van der Waals surface area contributed by atoms with E-state index in [1.807, 2.05) is 42.5 Å². The van der Waals surface area contributed by atoms with Crippen LogP contribution in [0.5, 0.6) is 0 Å². The standard InChI is InChI=1S/C28H24N4O5/c33-24(17-7-2-1-3-8-17)15-30-16-25(34)31-23(28(30)35)14-21-20-11-4-5-12-22(20)29-26(21)27(31)18-9-6-10-19(13-18)32(36)37/h1-13,23-24,27,29,33H,14-16H2. The van der Waals surface area contributed by atoms with E-state index in [0.717, 1.165) is 22.2 Å². The number of hydrogen-bond donors (Lipinski definition) is 2. The third-order valence-corrected chi connectivity index (χ3v) is 7.32. The summed E-state index contributed by atoms with van der Waals surface area (Å²) in [4.78, 5) is 44.9. The maximum absolute atomic E-state index is 13.8. The summed E-state index contributed by atoms with van der Waals surface area (Å²) in [5, 5.41) is 23.2. The number of hydrogen-bond acceptors (Lipinski definition) is 5. The Morgan fingerprint density at radius 3 is 2.57 bits per heavy atom. The highest BCUT2D eigenvalue weighted by Crippen LogP contribution is 2.43. The van der Waals surface area contributed by atoms with Crippen LogP contribution in [-0.2, 0) is 16.0 Å². The quantitative estimate of drug-likeness (QED) is 0.324. The number of piperazine rings is 1. The third kappa shape index (κ3) is 3.84. The molecule has 6 rings (SSSR count). The molecule has 3 atom stereocenters. The van der Waals surface area contributed by atoms with Gasteiger partial charge in [0.05, 0.1) is 30.2 Å². The van der Waals surface area contributed by atoms with Gasteiger partial charge in [0.1, 0.15) is 6.04 Å². The molecule has 3 unspecified atom stereocenters. The van der Waals surface area contributed by atoms with Crippen molar-refractivity contribution < 1.29 is 19.6 Å². The van der Waals surface area contributed by atoms with Crippen molar-refractivity contribution in [3.05, 3.63) is 111 Å². The van der Waals surface area contributed by atoms with Crippen molar-refractivity contribution in [2.24, 2.45) is 0 Å². The minimum atomic E-state index is -0.927. The highest BCUT2D eigenvalue weighted by atomic mass is 16.6. The summed E-state index contributed by atoms with van der Waals surface area (Å²) < 4.78 is 0. The van der Waals surface area contributed by atoms with Crippen LogP contribution in [0.2, 0.25) is 0 Å². The lowest BCUT2D eigenvalue weighted by atomic mass is 9.86. The van der Waals surface area contributed by atoms with Gasteiger partial charge in [0, 0.05) is 35.2 Å². The Morgan fingerprint density at radius 2 is 1.78 bits per heavy atom. The number of amides is 2. The monoisotopic (exact) mass is 496 g/mol. The molecule has 3 heterocycles. The zero-order chi connectivity index (χ0) is 25.7. The van der Waals surface area contributed by atoms with Crippen molar-refractivity contribution in [1.82, 2.24) is 14.8 Å². The molecule has 4 aromatic rings.